The number of halogens is 2. The van der Waals surface area contributed by atoms with Gasteiger partial charge in [-0.25, -0.2) is 0 Å². The van der Waals surface area contributed by atoms with Crippen LogP contribution in [0.15, 0.2) is 51.4 Å². The molecule has 2 aromatic rings. The molecule has 0 atom stereocenters. The van der Waals surface area contributed by atoms with E-state index in [-0.39, 0.29) is 0 Å². The minimum absolute atomic E-state index is 1.09. The fraction of sp³-hybridized carbons (Fsp3) is 0.0769. The molecule has 0 heterocycles. The molecule has 0 spiro atoms. The average molecular weight is 326 g/mol. The average Bonchev–Trinajstić information content (AvgIpc) is 2.16. The molecule has 0 unspecified atom stereocenters. The molecule has 0 fully saturated rings. The third kappa shape index (κ3) is 2.50. The van der Waals surface area contributed by atoms with Crippen LogP contribution in [0.25, 0.3) is 11.1 Å². The Morgan fingerprint density at radius 1 is 0.867 bits per heavy atom. The molecular formula is C13H10Br2. The van der Waals surface area contributed by atoms with Gasteiger partial charge in [-0.05, 0) is 41.8 Å². The van der Waals surface area contributed by atoms with E-state index in [1.165, 1.54) is 16.7 Å². The lowest BCUT2D eigenvalue weighted by molar-refractivity contribution is 1.45. The van der Waals surface area contributed by atoms with Crippen LogP contribution in [0.2, 0.25) is 0 Å². The van der Waals surface area contributed by atoms with E-state index in [4.69, 9.17) is 0 Å². The van der Waals surface area contributed by atoms with Crippen molar-refractivity contribution in [3.05, 3.63) is 57.0 Å². The van der Waals surface area contributed by atoms with Crippen LogP contribution in [0.5, 0.6) is 0 Å². The second-order valence-corrected chi connectivity index (χ2v) is 5.30. The van der Waals surface area contributed by atoms with Crippen LogP contribution in [-0.2, 0) is 0 Å². The zero-order valence-corrected chi connectivity index (χ0v) is 11.5. The first-order valence-electron chi connectivity index (χ1n) is 4.69. The first kappa shape index (κ1) is 10.9. The zero-order chi connectivity index (χ0) is 10.8. The maximum absolute atomic E-state index is 3.50. The molecule has 0 aliphatic rings. The monoisotopic (exact) mass is 324 g/mol. The van der Waals surface area contributed by atoms with Gasteiger partial charge in [-0.3, -0.25) is 0 Å². The summed E-state index contributed by atoms with van der Waals surface area (Å²) in [6, 6.07) is 14.7. The topological polar surface area (TPSA) is 0 Å². The quantitative estimate of drug-likeness (QED) is 0.677. The van der Waals surface area contributed by atoms with Crippen molar-refractivity contribution in [1.29, 1.82) is 0 Å². The summed E-state index contributed by atoms with van der Waals surface area (Å²) >= 11 is 7.01. The van der Waals surface area contributed by atoms with E-state index in [2.05, 4.69) is 75.2 Å². The van der Waals surface area contributed by atoms with Crippen LogP contribution in [0.4, 0.5) is 0 Å². The number of hydrogen-bond acceptors (Lipinski definition) is 0. The van der Waals surface area contributed by atoms with Gasteiger partial charge in [0.15, 0.2) is 0 Å². The highest BCUT2D eigenvalue weighted by atomic mass is 79.9. The van der Waals surface area contributed by atoms with E-state index in [0.717, 1.165) is 8.95 Å². The molecule has 2 aromatic carbocycles. The molecule has 2 heteroatoms. The third-order valence-electron chi connectivity index (χ3n) is 2.32. The maximum Gasteiger partial charge on any atom is 0.0192 e. The number of aryl methyl sites for hydroxylation is 1. The first-order chi connectivity index (χ1) is 7.16. The molecule has 0 aromatic heterocycles. The van der Waals surface area contributed by atoms with E-state index in [1.807, 2.05) is 6.07 Å². The van der Waals surface area contributed by atoms with Crippen molar-refractivity contribution >= 4 is 31.9 Å². The fourth-order valence-corrected chi connectivity index (χ4v) is 2.90. The molecule has 76 valence electrons. The van der Waals surface area contributed by atoms with Gasteiger partial charge >= 0.3 is 0 Å². The molecule has 0 aliphatic heterocycles. The molecule has 0 saturated heterocycles. The first-order valence-corrected chi connectivity index (χ1v) is 6.27. The summed E-state index contributed by atoms with van der Waals surface area (Å²) < 4.78 is 2.19. The van der Waals surface area contributed by atoms with Crippen LogP contribution >= 0.6 is 31.9 Å². The summed E-state index contributed by atoms with van der Waals surface area (Å²) in [5, 5.41) is 0. The Hall–Kier alpha value is -0.600. The Kier molecular flexibility index (Phi) is 3.27. The van der Waals surface area contributed by atoms with E-state index >= 15 is 0 Å². The lowest BCUT2D eigenvalue weighted by Crippen LogP contribution is -1.82. The second-order valence-electron chi connectivity index (χ2n) is 3.47. The Balaban J connectivity index is 2.59. The van der Waals surface area contributed by atoms with Gasteiger partial charge in [0.1, 0.15) is 0 Å². The number of hydrogen-bond donors (Lipinski definition) is 0. The van der Waals surface area contributed by atoms with E-state index < -0.39 is 0 Å². The van der Waals surface area contributed by atoms with Crippen LogP contribution in [0, 0.1) is 6.92 Å². The molecular weight excluding hydrogens is 316 g/mol. The molecule has 2 rings (SSSR count). The van der Waals surface area contributed by atoms with Gasteiger partial charge in [-0.1, -0.05) is 56.1 Å². The highest BCUT2D eigenvalue weighted by molar-refractivity contribution is 9.11. The molecule has 0 N–H and O–H groups in total. The van der Waals surface area contributed by atoms with E-state index in [9.17, 15) is 0 Å². The van der Waals surface area contributed by atoms with Gasteiger partial charge in [-0.2, -0.15) is 0 Å². The van der Waals surface area contributed by atoms with Gasteiger partial charge in [0.25, 0.3) is 0 Å². The molecule has 0 aliphatic carbocycles. The standard InChI is InChI=1S/C13H10Br2/c1-9-4-2-3-5-13(9)10-6-11(14)8-12(15)7-10/h2-8H,1H3. The maximum atomic E-state index is 3.50. The van der Waals surface area contributed by atoms with Crippen molar-refractivity contribution in [1.82, 2.24) is 0 Å². The summed E-state index contributed by atoms with van der Waals surface area (Å²) in [4.78, 5) is 0. The van der Waals surface area contributed by atoms with Crippen molar-refractivity contribution in [2.24, 2.45) is 0 Å². The van der Waals surface area contributed by atoms with Crippen molar-refractivity contribution in [2.75, 3.05) is 0 Å². The van der Waals surface area contributed by atoms with E-state index in [0.29, 0.717) is 0 Å². The normalized spacial score (nSPS) is 10.3. The predicted octanol–water partition coefficient (Wildman–Crippen LogP) is 5.19. The van der Waals surface area contributed by atoms with Gasteiger partial charge in [0, 0.05) is 8.95 Å². The summed E-state index contributed by atoms with van der Waals surface area (Å²) in [5.74, 6) is 0. The van der Waals surface area contributed by atoms with Crippen LogP contribution in [0.3, 0.4) is 0 Å². The van der Waals surface area contributed by atoms with Gasteiger partial charge in [0.2, 0.25) is 0 Å². The molecule has 0 saturated carbocycles. The number of rotatable bonds is 1. The highest BCUT2D eigenvalue weighted by Gasteiger charge is 2.02. The SMILES string of the molecule is Cc1ccccc1-c1cc(Br)cc(Br)c1. The largest absolute Gasteiger partial charge is 0.0620 e. The Morgan fingerprint density at radius 2 is 1.47 bits per heavy atom. The summed E-state index contributed by atoms with van der Waals surface area (Å²) in [6.45, 7) is 2.13. The highest BCUT2D eigenvalue weighted by Crippen LogP contribution is 2.29. The minimum Gasteiger partial charge on any atom is -0.0620 e. The van der Waals surface area contributed by atoms with Crippen LogP contribution in [0.1, 0.15) is 5.56 Å². The van der Waals surface area contributed by atoms with Crippen molar-refractivity contribution in [3.63, 3.8) is 0 Å². The van der Waals surface area contributed by atoms with E-state index in [1.54, 1.807) is 0 Å². The van der Waals surface area contributed by atoms with Crippen molar-refractivity contribution in [2.45, 2.75) is 6.92 Å². The third-order valence-corrected chi connectivity index (χ3v) is 3.23. The lowest BCUT2D eigenvalue weighted by Gasteiger charge is -2.06. The Labute approximate surface area is 107 Å². The zero-order valence-electron chi connectivity index (χ0n) is 8.30. The smallest absolute Gasteiger partial charge is 0.0192 e. The van der Waals surface area contributed by atoms with Gasteiger partial charge in [-0.15, -0.1) is 0 Å². The minimum atomic E-state index is 1.09. The summed E-state index contributed by atoms with van der Waals surface area (Å²) in [7, 11) is 0. The molecule has 0 amide bonds. The summed E-state index contributed by atoms with van der Waals surface area (Å²) in [6.07, 6.45) is 0. The lowest BCUT2D eigenvalue weighted by atomic mass is 10.0. The Bertz CT molecular complexity index is 469. The van der Waals surface area contributed by atoms with Gasteiger partial charge < -0.3 is 0 Å². The van der Waals surface area contributed by atoms with Crippen molar-refractivity contribution in [3.8, 4) is 11.1 Å². The molecule has 0 radical (unpaired) electrons. The van der Waals surface area contributed by atoms with Gasteiger partial charge in [0.05, 0.1) is 0 Å². The molecule has 0 bridgehead atoms. The molecule has 0 nitrogen and oxygen atoms in total. The van der Waals surface area contributed by atoms with Crippen LogP contribution < -0.4 is 0 Å². The second kappa shape index (κ2) is 4.50. The fourth-order valence-electron chi connectivity index (χ4n) is 1.61. The Morgan fingerprint density at radius 3 is 2.07 bits per heavy atom. The molecule has 15 heavy (non-hydrogen) atoms. The van der Waals surface area contributed by atoms with Crippen LogP contribution in [-0.4, -0.2) is 0 Å². The van der Waals surface area contributed by atoms with Crippen molar-refractivity contribution < 1.29 is 0 Å². The predicted molar refractivity (Wildman–Crippen MR) is 72.0 cm³/mol. The number of benzene rings is 2. The summed E-state index contributed by atoms with van der Waals surface area (Å²) in [5.41, 5.74) is 3.80.